The molecule has 0 bridgehead atoms. The SMILES string of the molecule is Cc1nc(-c2cc(Cl)ccc2OC(C)C)c(Cl)c(=O)[nH]1. The molecule has 0 saturated carbocycles. The fourth-order valence-electron chi connectivity index (χ4n) is 1.79. The predicted octanol–water partition coefficient (Wildman–Crippen LogP) is 3.84. The first-order valence-corrected chi connectivity index (χ1v) is 6.87. The van der Waals surface area contributed by atoms with Crippen molar-refractivity contribution >= 4 is 23.2 Å². The summed E-state index contributed by atoms with van der Waals surface area (Å²) in [5.41, 5.74) is 0.584. The average molecular weight is 313 g/mol. The molecule has 0 aliphatic carbocycles. The van der Waals surface area contributed by atoms with E-state index in [4.69, 9.17) is 27.9 Å². The third kappa shape index (κ3) is 3.14. The minimum absolute atomic E-state index is 0.0169. The van der Waals surface area contributed by atoms with Crippen LogP contribution in [0.2, 0.25) is 10.0 Å². The number of H-pyrrole nitrogens is 1. The summed E-state index contributed by atoms with van der Waals surface area (Å²) in [5, 5.41) is 0.540. The molecule has 0 unspecified atom stereocenters. The second-order valence-electron chi connectivity index (χ2n) is 4.62. The van der Waals surface area contributed by atoms with Crippen molar-refractivity contribution < 1.29 is 4.74 Å². The van der Waals surface area contributed by atoms with E-state index in [0.717, 1.165) is 0 Å². The summed E-state index contributed by atoms with van der Waals surface area (Å²) in [7, 11) is 0. The van der Waals surface area contributed by atoms with E-state index in [1.165, 1.54) is 0 Å². The third-order valence-electron chi connectivity index (χ3n) is 2.54. The van der Waals surface area contributed by atoms with Gasteiger partial charge in [-0.15, -0.1) is 0 Å². The second kappa shape index (κ2) is 5.85. The molecule has 2 rings (SSSR count). The zero-order chi connectivity index (χ0) is 14.9. The number of ether oxygens (including phenoxy) is 1. The lowest BCUT2D eigenvalue weighted by Crippen LogP contribution is -2.12. The van der Waals surface area contributed by atoms with Gasteiger partial charge in [-0.25, -0.2) is 4.98 Å². The van der Waals surface area contributed by atoms with Gasteiger partial charge in [0.1, 0.15) is 22.3 Å². The maximum Gasteiger partial charge on any atom is 0.270 e. The molecule has 0 atom stereocenters. The van der Waals surface area contributed by atoms with Gasteiger partial charge in [-0.1, -0.05) is 23.2 Å². The third-order valence-corrected chi connectivity index (χ3v) is 3.13. The van der Waals surface area contributed by atoms with Crippen molar-refractivity contribution in [1.29, 1.82) is 0 Å². The van der Waals surface area contributed by atoms with E-state index >= 15 is 0 Å². The summed E-state index contributed by atoms with van der Waals surface area (Å²) in [5.74, 6) is 1.06. The molecule has 1 aromatic carbocycles. The molecule has 1 aromatic heterocycles. The molecular formula is C14H14Cl2N2O2. The first-order chi connectivity index (χ1) is 9.38. The van der Waals surface area contributed by atoms with E-state index in [0.29, 0.717) is 27.9 Å². The molecular weight excluding hydrogens is 299 g/mol. The minimum atomic E-state index is -0.385. The van der Waals surface area contributed by atoms with Gasteiger partial charge >= 0.3 is 0 Å². The standard InChI is InChI=1S/C14H14Cl2N2O2/c1-7(2)20-11-5-4-9(15)6-10(11)13-12(16)14(19)18-8(3)17-13/h4-7H,1-3H3,(H,17,18,19). The summed E-state index contributed by atoms with van der Waals surface area (Å²) in [4.78, 5) is 18.6. The quantitative estimate of drug-likeness (QED) is 0.936. The van der Waals surface area contributed by atoms with Crippen LogP contribution in [0, 0.1) is 6.92 Å². The van der Waals surface area contributed by atoms with Crippen LogP contribution < -0.4 is 10.3 Å². The van der Waals surface area contributed by atoms with Gasteiger partial charge in [0.25, 0.3) is 5.56 Å². The highest BCUT2D eigenvalue weighted by Gasteiger charge is 2.16. The van der Waals surface area contributed by atoms with Crippen LogP contribution in [0.5, 0.6) is 5.75 Å². The Hall–Kier alpha value is -1.52. The summed E-state index contributed by atoms with van der Waals surface area (Å²) >= 11 is 12.1. The molecule has 0 aliphatic rings. The molecule has 1 heterocycles. The van der Waals surface area contributed by atoms with Crippen LogP contribution in [0.3, 0.4) is 0 Å². The molecule has 20 heavy (non-hydrogen) atoms. The number of hydrogen-bond acceptors (Lipinski definition) is 3. The molecule has 0 aliphatic heterocycles. The maximum atomic E-state index is 11.8. The number of nitrogens with one attached hydrogen (secondary N) is 1. The largest absolute Gasteiger partial charge is 0.490 e. The topological polar surface area (TPSA) is 55.0 Å². The van der Waals surface area contributed by atoms with E-state index in [2.05, 4.69) is 9.97 Å². The van der Waals surface area contributed by atoms with E-state index in [-0.39, 0.29) is 16.7 Å². The first kappa shape index (κ1) is 14.9. The molecule has 106 valence electrons. The maximum absolute atomic E-state index is 11.8. The fourth-order valence-corrected chi connectivity index (χ4v) is 2.16. The Kier molecular flexibility index (Phi) is 4.35. The Bertz CT molecular complexity index is 696. The van der Waals surface area contributed by atoms with Crippen molar-refractivity contribution in [1.82, 2.24) is 9.97 Å². The Labute approximate surface area is 126 Å². The average Bonchev–Trinajstić information content (AvgIpc) is 2.35. The highest BCUT2D eigenvalue weighted by molar-refractivity contribution is 6.33. The lowest BCUT2D eigenvalue weighted by atomic mass is 10.1. The summed E-state index contributed by atoms with van der Waals surface area (Å²) in [6.45, 7) is 5.52. The lowest BCUT2D eigenvalue weighted by molar-refractivity contribution is 0.243. The van der Waals surface area contributed by atoms with Crippen LogP contribution in [-0.4, -0.2) is 16.1 Å². The smallest absolute Gasteiger partial charge is 0.270 e. The minimum Gasteiger partial charge on any atom is -0.490 e. The first-order valence-electron chi connectivity index (χ1n) is 6.11. The number of benzene rings is 1. The summed E-state index contributed by atoms with van der Waals surface area (Å²) in [6, 6.07) is 5.15. The van der Waals surface area contributed by atoms with Gasteiger partial charge in [0.2, 0.25) is 0 Å². The van der Waals surface area contributed by atoms with Crippen LogP contribution >= 0.6 is 23.2 Å². The number of halogens is 2. The Morgan fingerprint density at radius 3 is 2.65 bits per heavy atom. The molecule has 4 nitrogen and oxygen atoms in total. The van der Waals surface area contributed by atoms with Crippen LogP contribution in [0.25, 0.3) is 11.3 Å². The fraction of sp³-hybridized carbons (Fsp3) is 0.286. The second-order valence-corrected chi connectivity index (χ2v) is 5.44. The van der Waals surface area contributed by atoms with Crippen molar-refractivity contribution in [2.75, 3.05) is 0 Å². The highest BCUT2D eigenvalue weighted by atomic mass is 35.5. The van der Waals surface area contributed by atoms with Crippen molar-refractivity contribution in [2.45, 2.75) is 26.9 Å². The normalized spacial score (nSPS) is 10.9. The van der Waals surface area contributed by atoms with E-state index in [9.17, 15) is 4.79 Å². The molecule has 1 N–H and O–H groups in total. The van der Waals surface area contributed by atoms with Gasteiger partial charge in [0, 0.05) is 10.6 Å². The predicted molar refractivity (Wildman–Crippen MR) is 80.8 cm³/mol. The van der Waals surface area contributed by atoms with Crippen LogP contribution in [0.1, 0.15) is 19.7 Å². The van der Waals surface area contributed by atoms with Crippen LogP contribution in [0.4, 0.5) is 0 Å². The summed E-state index contributed by atoms with van der Waals surface area (Å²) in [6.07, 6.45) is -0.0169. The van der Waals surface area contributed by atoms with Crippen molar-refractivity contribution in [2.24, 2.45) is 0 Å². The molecule has 0 saturated heterocycles. The Balaban J connectivity index is 2.68. The number of nitrogens with zero attached hydrogens (tertiary/aromatic N) is 1. The lowest BCUT2D eigenvalue weighted by Gasteiger charge is -2.15. The van der Waals surface area contributed by atoms with Gasteiger partial charge in [-0.05, 0) is 39.0 Å². The number of rotatable bonds is 3. The van der Waals surface area contributed by atoms with Gasteiger partial charge in [0.05, 0.1) is 6.10 Å². The monoisotopic (exact) mass is 312 g/mol. The van der Waals surface area contributed by atoms with E-state index in [1.807, 2.05) is 13.8 Å². The van der Waals surface area contributed by atoms with Gasteiger partial charge in [0.15, 0.2) is 0 Å². The number of aromatic nitrogens is 2. The van der Waals surface area contributed by atoms with Crippen LogP contribution in [-0.2, 0) is 0 Å². The van der Waals surface area contributed by atoms with E-state index in [1.54, 1.807) is 25.1 Å². The Morgan fingerprint density at radius 2 is 2.00 bits per heavy atom. The number of aryl methyl sites for hydroxylation is 1. The molecule has 0 fully saturated rings. The number of aromatic amines is 1. The highest BCUT2D eigenvalue weighted by Crippen LogP contribution is 2.34. The number of hydrogen-bond donors (Lipinski definition) is 1. The molecule has 0 amide bonds. The zero-order valence-electron chi connectivity index (χ0n) is 11.3. The van der Waals surface area contributed by atoms with Crippen LogP contribution in [0.15, 0.2) is 23.0 Å². The molecule has 0 spiro atoms. The zero-order valence-corrected chi connectivity index (χ0v) is 12.8. The summed E-state index contributed by atoms with van der Waals surface area (Å²) < 4.78 is 5.72. The van der Waals surface area contributed by atoms with Gasteiger partial charge < -0.3 is 9.72 Å². The molecule has 0 radical (unpaired) electrons. The van der Waals surface area contributed by atoms with Crippen molar-refractivity contribution in [3.63, 3.8) is 0 Å². The van der Waals surface area contributed by atoms with Gasteiger partial charge in [-0.2, -0.15) is 0 Å². The van der Waals surface area contributed by atoms with Crippen molar-refractivity contribution in [3.8, 4) is 17.0 Å². The van der Waals surface area contributed by atoms with Crippen molar-refractivity contribution in [3.05, 3.63) is 44.4 Å². The molecule has 6 heteroatoms. The van der Waals surface area contributed by atoms with Gasteiger partial charge in [-0.3, -0.25) is 4.79 Å². The molecule has 2 aromatic rings. The van der Waals surface area contributed by atoms with E-state index < -0.39 is 0 Å². The Morgan fingerprint density at radius 1 is 1.30 bits per heavy atom.